The van der Waals surface area contributed by atoms with Crippen LogP contribution in [0.1, 0.15) is 51.1 Å². The first-order valence-corrected chi connectivity index (χ1v) is 11.2. The molecule has 32 heavy (non-hydrogen) atoms. The molecule has 0 spiro atoms. The highest BCUT2D eigenvalue weighted by atomic mass is 16.5. The van der Waals surface area contributed by atoms with E-state index >= 15 is 0 Å². The van der Waals surface area contributed by atoms with Gasteiger partial charge in [0.05, 0.1) is 12.2 Å². The summed E-state index contributed by atoms with van der Waals surface area (Å²) in [6.45, 7) is 3.72. The Morgan fingerprint density at radius 1 is 1.06 bits per heavy atom. The number of carbonyl (C=O) groups is 3. The molecule has 5 rings (SSSR count). The third kappa shape index (κ3) is 3.42. The van der Waals surface area contributed by atoms with Gasteiger partial charge in [-0.2, -0.15) is 0 Å². The van der Waals surface area contributed by atoms with Crippen LogP contribution >= 0.6 is 0 Å². The number of likely N-dealkylation sites (tertiary alicyclic amines) is 1. The molecule has 2 heterocycles. The fourth-order valence-electron chi connectivity index (χ4n) is 5.13. The first-order chi connectivity index (χ1) is 15.5. The van der Waals surface area contributed by atoms with E-state index in [1.807, 2.05) is 48.2 Å². The highest BCUT2D eigenvalue weighted by Crippen LogP contribution is 2.46. The third-order valence-corrected chi connectivity index (χ3v) is 6.97. The van der Waals surface area contributed by atoms with Crippen LogP contribution in [0.3, 0.4) is 0 Å². The molecule has 3 amide bonds. The Balaban J connectivity index is 1.39. The maximum atomic E-state index is 13.1. The maximum Gasteiger partial charge on any atom is 0.254 e. The van der Waals surface area contributed by atoms with E-state index in [1.54, 1.807) is 13.1 Å². The molecule has 3 aliphatic rings. The fraction of sp³-hybridized carbons (Fsp3) is 0.400. The molecule has 2 fully saturated rings. The Labute approximate surface area is 187 Å². The van der Waals surface area contributed by atoms with E-state index in [9.17, 15) is 14.4 Å². The molecule has 4 atom stereocenters. The Hall–Kier alpha value is -3.35. The van der Waals surface area contributed by atoms with Crippen LogP contribution in [0, 0.1) is 11.8 Å². The molecular formula is C25H27N3O4. The number of hydrogen-bond donors (Lipinski definition) is 2. The van der Waals surface area contributed by atoms with E-state index in [4.69, 9.17) is 4.74 Å². The fourth-order valence-corrected chi connectivity index (χ4v) is 5.13. The van der Waals surface area contributed by atoms with E-state index in [-0.39, 0.29) is 29.7 Å². The van der Waals surface area contributed by atoms with Crippen molar-refractivity contribution in [3.05, 3.63) is 64.7 Å². The van der Waals surface area contributed by atoms with Crippen molar-refractivity contribution in [3.8, 4) is 5.75 Å². The van der Waals surface area contributed by atoms with Crippen molar-refractivity contribution in [3.63, 3.8) is 0 Å². The number of amides is 3. The van der Waals surface area contributed by atoms with Gasteiger partial charge in [0, 0.05) is 61.5 Å². The number of nitrogens with one attached hydrogen (secondary N) is 2. The minimum Gasteiger partial charge on any atom is -0.491 e. The SMILES string of the molecule is CCC(=O)N1CC2C(NC(=O)c3cc(C(=O)NC)c4c(c3)[C@H](c3ccccc3)CO4)[C@@H]2C1. The van der Waals surface area contributed by atoms with Crippen LogP contribution in [0.15, 0.2) is 42.5 Å². The Morgan fingerprint density at radius 3 is 2.44 bits per heavy atom. The zero-order valence-electron chi connectivity index (χ0n) is 18.3. The monoisotopic (exact) mass is 433 g/mol. The summed E-state index contributed by atoms with van der Waals surface area (Å²) in [4.78, 5) is 39.5. The van der Waals surface area contributed by atoms with Crippen molar-refractivity contribution in [1.82, 2.24) is 15.5 Å². The van der Waals surface area contributed by atoms with E-state index in [0.29, 0.717) is 54.8 Å². The van der Waals surface area contributed by atoms with Crippen LogP contribution in [-0.2, 0) is 4.79 Å². The van der Waals surface area contributed by atoms with Gasteiger partial charge in [-0.1, -0.05) is 37.3 Å². The van der Waals surface area contributed by atoms with Gasteiger partial charge < -0.3 is 20.3 Å². The second-order valence-corrected chi connectivity index (χ2v) is 8.77. The van der Waals surface area contributed by atoms with Crippen LogP contribution in [0.5, 0.6) is 5.75 Å². The molecule has 0 aromatic heterocycles. The molecule has 2 N–H and O–H groups in total. The minimum atomic E-state index is -0.276. The number of piperidine rings is 1. The molecule has 7 heteroatoms. The number of hydrogen-bond acceptors (Lipinski definition) is 4. The molecule has 1 aliphatic carbocycles. The lowest BCUT2D eigenvalue weighted by Crippen LogP contribution is -2.37. The number of rotatable bonds is 5. The van der Waals surface area contributed by atoms with Gasteiger partial charge in [-0.3, -0.25) is 14.4 Å². The van der Waals surface area contributed by atoms with Crippen molar-refractivity contribution in [2.45, 2.75) is 25.3 Å². The number of nitrogens with zero attached hydrogens (tertiary/aromatic N) is 1. The van der Waals surface area contributed by atoms with E-state index in [2.05, 4.69) is 10.6 Å². The molecule has 2 aromatic rings. The van der Waals surface area contributed by atoms with Gasteiger partial charge in [0.2, 0.25) is 5.91 Å². The average molecular weight is 434 g/mol. The number of benzene rings is 2. The molecule has 166 valence electrons. The topological polar surface area (TPSA) is 87.7 Å². The van der Waals surface area contributed by atoms with E-state index < -0.39 is 0 Å². The van der Waals surface area contributed by atoms with Crippen LogP contribution in [-0.4, -0.2) is 55.4 Å². The zero-order valence-corrected chi connectivity index (χ0v) is 18.3. The van der Waals surface area contributed by atoms with Crippen LogP contribution in [0.2, 0.25) is 0 Å². The minimum absolute atomic E-state index is 0.0312. The van der Waals surface area contributed by atoms with E-state index in [1.165, 1.54) is 0 Å². The maximum absolute atomic E-state index is 13.1. The van der Waals surface area contributed by atoms with Gasteiger partial charge in [-0.05, 0) is 17.7 Å². The summed E-state index contributed by atoms with van der Waals surface area (Å²) in [5, 5.41) is 5.78. The normalized spacial score (nSPS) is 24.9. The average Bonchev–Trinajstić information content (AvgIpc) is 3.17. The van der Waals surface area contributed by atoms with Gasteiger partial charge in [0.1, 0.15) is 5.75 Å². The lowest BCUT2D eigenvalue weighted by atomic mass is 9.90. The Bertz CT molecular complexity index is 1070. The summed E-state index contributed by atoms with van der Waals surface area (Å²) < 4.78 is 5.92. The van der Waals surface area contributed by atoms with Gasteiger partial charge in [0.25, 0.3) is 11.8 Å². The lowest BCUT2D eigenvalue weighted by Gasteiger charge is -2.19. The summed E-state index contributed by atoms with van der Waals surface area (Å²) in [7, 11) is 1.57. The summed E-state index contributed by atoms with van der Waals surface area (Å²) in [6, 6.07) is 13.5. The van der Waals surface area contributed by atoms with Crippen molar-refractivity contribution in [2.75, 3.05) is 26.7 Å². The molecular weight excluding hydrogens is 406 g/mol. The smallest absolute Gasteiger partial charge is 0.254 e. The molecule has 7 nitrogen and oxygen atoms in total. The van der Waals surface area contributed by atoms with Crippen LogP contribution in [0.4, 0.5) is 0 Å². The highest BCUT2D eigenvalue weighted by molar-refractivity contribution is 6.02. The van der Waals surface area contributed by atoms with Gasteiger partial charge in [-0.15, -0.1) is 0 Å². The van der Waals surface area contributed by atoms with E-state index in [0.717, 1.165) is 11.1 Å². The van der Waals surface area contributed by atoms with Gasteiger partial charge >= 0.3 is 0 Å². The first-order valence-electron chi connectivity index (χ1n) is 11.2. The molecule has 2 unspecified atom stereocenters. The molecule has 0 radical (unpaired) electrons. The van der Waals surface area contributed by atoms with Crippen LogP contribution < -0.4 is 15.4 Å². The molecule has 0 bridgehead atoms. The predicted molar refractivity (Wildman–Crippen MR) is 119 cm³/mol. The molecule has 2 aliphatic heterocycles. The van der Waals surface area contributed by atoms with Crippen molar-refractivity contribution in [2.24, 2.45) is 11.8 Å². The summed E-state index contributed by atoms with van der Waals surface area (Å²) in [6.07, 6.45) is 0.512. The molecule has 2 aromatic carbocycles. The van der Waals surface area contributed by atoms with Crippen LogP contribution in [0.25, 0.3) is 0 Å². The Kier molecular flexibility index (Phi) is 5.12. The highest BCUT2D eigenvalue weighted by Gasteiger charge is 2.57. The largest absolute Gasteiger partial charge is 0.491 e. The summed E-state index contributed by atoms with van der Waals surface area (Å²) >= 11 is 0. The number of carbonyl (C=O) groups excluding carboxylic acids is 3. The second kappa shape index (κ2) is 7.97. The number of fused-ring (bicyclic) bond motifs is 2. The molecule has 1 saturated heterocycles. The predicted octanol–water partition coefficient (Wildman–Crippen LogP) is 2.17. The third-order valence-electron chi connectivity index (χ3n) is 6.97. The van der Waals surface area contributed by atoms with Crippen molar-refractivity contribution < 1.29 is 19.1 Å². The van der Waals surface area contributed by atoms with Gasteiger partial charge in [-0.25, -0.2) is 0 Å². The number of ether oxygens (including phenoxy) is 1. The van der Waals surface area contributed by atoms with Crippen molar-refractivity contribution >= 4 is 17.7 Å². The first kappa shape index (κ1) is 20.5. The standard InChI is InChI=1S/C25H27N3O4/c1-3-21(29)28-11-18-19(12-28)22(18)27-24(30)15-9-16-20(14-7-5-4-6-8-14)13-32-23(16)17(10-15)25(31)26-2/h4-10,18-20,22H,3,11-13H2,1-2H3,(H,26,31)(H,27,30)/t18-,19?,20+,22?/m1/s1. The molecule has 1 saturated carbocycles. The van der Waals surface area contributed by atoms with Crippen molar-refractivity contribution in [1.29, 1.82) is 0 Å². The summed E-state index contributed by atoms with van der Waals surface area (Å²) in [5.41, 5.74) is 2.78. The quantitative estimate of drug-likeness (QED) is 0.757. The second-order valence-electron chi connectivity index (χ2n) is 8.77. The zero-order chi connectivity index (χ0) is 22.4. The summed E-state index contributed by atoms with van der Waals surface area (Å²) in [5.74, 6) is 0.863. The Morgan fingerprint density at radius 2 is 1.78 bits per heavy atom. The van der Waals surface area contributed by atoms with Gasteiger partial charge in [0.15, 0.2) is 0 Å². The lowest BCUT2D eigenvalue weighted by molar-refractivity contribution is -0.130.